The number of Topliss-reactive ketones (excluding diaryl/α,β-unsaturated/α-hetero) is 1. The van der Waals surface area contributed by atoms with Crippen molar-refractivity contribution in [3.05, 3.63) is 59.2 Å². The van der Waals surface area contributed by atoms with Crippen molar-refractivity contribution in [1.29, 1.82) is 0 Å². The van der Waals surface area contributed by atoms with Gasteiger partial charge in [0, 0.05) is 18.3 Å². The van der Waals surface area contributed by atoms with Gasteiger partial charge in [-0.2, -0.15) is 4.31 Å². The number of anilines is 1. The summed E-state index contributed by atoms with van der Waals surface area (Å²) >= 11 is 0. The van der Waals surface area contributed by atoms with Gasteiger partial charge in [-0.05, 0) is 44.0 Å². The lowest BCUT2D eigenvalue weighted by Gasteiger charge is -2.18. The number of para-hydroxylation sites is 1. The lowest BCUT2D eigenvalue weighted by atomic mass is 10.1. The standard InChI is InChI=1S/C19H22N2O4S/c1-13-6-5-7-14(2)19(13)20-18(23)12-21(4)26(24,25)17-10-8-16(9-11-17)15(3)22/h5-11H,12H2,1-4H3,(H,20,23). The first-order valence-electron chi connectivity index (χ1n) is 8.06. The molecule has 0 aromatic heterocycles. The molecule has 0 saturated carbocycles. The molecule has 0 atom stereocenters. The minimum Gasteiger partial charge on any atom is -0.324 e. The van der Waals surface area contributed by atoms with Crippen molar-refractivity contribution in [2.45, 2.75) is 25.7 Å². The van der Waals surface area contributed by atoms with Gasteiger partial charge >= 0.3 is 0 Å². The molecule has 0 saturated heterocycles. The van der Waals surface area contributed by atoms with Crippen LogP contribution < -0.4 is 5.32 Å². The van der Waals surface area contributed by atoms with Crippen LogP contribution in [0.15, 0.2) is 47.4 Å². The number of rotatable bonds is 6. The topological polar surface area (TPSA) is 83.6 Å². The Morgan fingerprint density at radius 3 is 2.04 bits per heavy atom. The Balaban J connectivity index is 2.13. The molecule has 1 N–H and O–H groups in total. The van der Waals surface area contributed by atoms with E-state index in [2.05, 4.69) is 5.32 Å². The molecule has 0 radical (unpaired) electrons. The van der Waals surface area contributed by atoms with Gasteiger partial charge in [-0.1, -0.05) is 30.3 Å². The van der Waals surface area contributed by atoms with Crippen molar-refractivity contribution in [3.8, 4) is 0 Å². The maximum Gasteiger partial charge on any atom is 0.243 e. The van der Waals surface area contributed by atoms with Gasteiger partial charge in [0.2, 0.25) is 15.9 Å². The number of sulfonamides is 1. The molecule has 0 unspecified atom stereocenters. The smallest absolute Gasteiger partial charge is 0.243 e. The highest BCUT2D eigenvalue weighted by Gasteiger charge is 2.23. The van der Waals surface area contributed by atoms with E-state index < -0.39 is 15.9 Å². The van der Waals surface area contributed by atoms with Crippen LogP contribution in [0, 0.1) is 13.8 Å². The third-order valence-electron chi connectivity index (χ3n) is 4.08. The second kappa shape index (κ2) is 7.80. The summed E-state index contributed by atoms with van der Waals surface area (Å²) in [6.45, 7) is 4.84. The Bertz CT molecular complexity index is 914. The zero-order valence-corrected chi connectivity index (χ0v) is 16.1. The van der Waals surface area contributed by atoms with E-state index in [0.717, 1.165) is 15.4 Å². The third-order valence-corrected chi connectivity index (χ3v) is 5.90. The monoisotopic (exact) mass is 374 g/mol. The molecule has 0 fully saturated rings. The highest BCUT2D eigenvalue weighted by molar-refractivity contribution is 7.89. The van der Waals surface area contributed by atoms with Gasteiger partial charge in [0.1, 0.15) is 0 Å². The van der Waals surface area contributed by atoms with E-state index in [1.54, 1.807) is 0 Å². The van der Waals surface area contributed by atoms with Gasteiger partial charge in [0.25, 0.3) is 0 Å². The summed E-state index contributed by atoms with van der Waals surface area (Å²) in [4.78, 5) is 23.6. The van der Waals surface area contributed by atoms with Crippen LogP contribution in [0.4, 0.5) is 5.69 Å². The summed E-state index contributed by atoms with van der Waals surface area (Å²) in [5.41, 5.74) is 2.93. The van der Waals surface area contributed by atoms with Crippen molar-refractivity contribution < 1.29 is 18.0 Å². The minimum absolute atomic E-state index is 0.0323. The molecule has 0 heterocycles. The summed E-state index contributed by atoms with van der Waals surface area (Å²) < 4.78 is 26.2. The fourth-order valence-corrected chi connectivity index (χ4v) is 3.65. The van der Waals surface area contributed by atoms with Crippen molar-refractivity contribution in [3.63, 3.8) is 0 Å². The highest BCUT2D eigenvalue weighted by atomic mass is 32.2. The molecule has 0 aliphatic heterocycles. The maximum atomic E-state index is 12.6. The van der Waals surface area contributed by atoms with Crippen molar-refractivity contribution >= 4 is 27.4 Å². The van der Waals surface area contributed by atoms with E-state index in [9.17, 15) is 18.0 Å². The molecule has 0 aliphatic carbocycles. The number of benzene rings is 2. The predicted molar refractivity (Wildman–Crippen MR) is 101 cm³/mol. The lowest BCUT2D eigenvalue weighted by Crippen LogP contribution is -2.35. The number of hydrogen-bond donors (Lipinski definition) is 1. The summed E-state index contributed by atoms with van der Waals surface area (Å²) in [6, 6.07) is 11.3. The summed E-state index contributed by atoms with van der Waals surface area (Å²) in [7, 11) is -2.48. The van der Waals surface area contributed by atoms with Crippen LogP contribution in [-0.2, 0) is 14.8 Å². The van der Waals surface area contributed by atoms with Gasteiger partial charge in [-0.3, -0.25) is 9.59 Å². The van der Waals surface area contributed by atoms with Crippen molar-refractivity contribution in [2.24, 2.45) is 0 Å². The maximum absolute atomic E-state index is 12.6. The molecule has 7 heteroatoms. The van der Waals surface area contributed by atoms with E-state index in [1.165, 1.54) is 38.2 Å². The summed E-state index contributed by atoms with van der Waals surface area (Å²) in [5.74, 6) is -0.566. The zero-order valence-electron chi connectivity index (χ0n) is 15.2. The highest BCUT2D eigenvalue weighted by Crippen LogP contribution is 2.20. The van der Waals surface area contributed by atoms with Gasteiger partial charge in [-0.15, -0.1) is 0 Å². The molecular weight excluding hydrogens is 352 g/mol. The average Bonchev–Trinajstić information content (AvgIpc) is 2.58. The SMILES string of the molecule is CC(=O)c1ccc(S(=O)(=O)N(C)CC(=O)Nc2c(C)cccc2C)cc1. The number of nitrogens with one attached hydrogen (secondary N) is 1. The molecule has 0 bridgehead atoms. The van der Waals surface area contributed by atoms with Crippen LogP contribution in [0.1, 0.15) is 28.4 Å². The fourth-order valence-electron chi connectivity index (χ4n) is 2.52. The Labute approximate surface area is 153 Å². The first kappa shape index (κ1) is 19.8. The molecule has 138 valence electrons. The first-order chi connectivity index (χ1) is 12.1. The van der Waals surface area contributed by atoms with E-state index in [0.29, 0.717) is 11.3 Å². The molecular formula is C19H22N2O4S. The van der Waals surface area contributed by atoms with Gasteiger partial charge in [-0.25, -0.2) is 8.42 Å². The van der Waals surface area contributed by atoms with Gasteiger partial charge < -0.3 is 5.32 Å². The van der Waals surface area contributed by atoms with Gasteiger partial charge in [0.15, 0.2) is 5.78 Å². The molecule has 0 spiro atoms. The van der Waals surface area contributed by atoms with Crippen molar-refractivity contribution in [2.75, 3.05) is 18.9 Å². The molecule has 1 amide bonds. The van der Waals surface area contributed by atoms with Crippen LogP contribution in [0.2, 0.25) is 0 Å². The quantitative estimate of drug-likeness (QED) is 0.788. The molecule has 0 aliphatic rings. The van der Waals surface area contributed by atoms with Crippen LogP contribution in [0.25, 0.3) is 0 Å². The molecule has 2 aromatic rings. The largest absolute Gasteiger partial charge is 0.324 e. The fraction of sp³-hybridized carbons (Fsp3) is 0.263. The molecule has 2 rings (SSSR count). The van der Waals surface area contributed by atoms with E-state index >= 15 is 0 Å². The van der Waals surface area contributed by atoms with E-state index in [4.69, 9.17) is 0 Å². The number of aryl methyl sites for hydroxylation is 2. The number of carbonyl (C=O) groups excluding carboxylic acids is 2. The number of ketones is 1. The lowest BCUT2D eigenvalue weighted by molar-refractivity contribution is -0.116. The first-order valence-corrected chi connectivity index (χ1v) is 9.50. The van der Waals surface area contributed by atoms with Crippen LogP contribution >= 0.6 is 0 Å². The number of carbonyl (C=O) groups is 2. The number of likely N-dealkylation sites (N-methyl/N-ethyl adjacent to an activating group) is 1. The Morgan fingerprint density at radius 1 is 1.00 bits per heavy atom. The zero-order chi connectivity index (χ0) is 19.5. The average molecular weight is 374 g/mol. The van der Waals surface area contributed by atoms with E-state index in [1.807, 2.05) is 32.0 Å². The van der Waals surface area contributed by atoms with Gasteiger partial charge in [0.05, 0.1) is 11.4 Å². The van der Waals surface area contributed by atoms with Crippen LogP contribution in [0.3, 0.4) is 0 Å². The summed E-state index contributed by atoms with van der Waals surface area (Å²) in [5, 5.41) is 2.77. The molecule has 26 heavy (non-hydrogen) atoms. The minimum atomic E-state index is -3.83. The van der Waals surface area contributed by atoms with Crippen molar-refractivity contribution in [1.82, 2.24) is 4.31 Å². The summed E-state index contributed by atoms with van der Waals surface area (Å²) in [6.07, 6.45) is 0. The number of nitrogens with zero attached hydrogens (tertiary/aromatic N) is 1. The Morgan fingerprint density at radius 2 is 1.54 bits per heavy atom. The second-order valence-electron chi connectivity index (χ2n) is 6.16. The second-order valence-corrected chi connectivity index (χ2v) is 8.20. The number of hydrogen-bond acceptors (Lipinski definition) is 4. The van der Waals surface area contributed by atoms with Crippen LogP contribution in [0.5, 0.6) is 0 Å². The molecule has 6 nitrogen and oxygen atoms in total. The predicted octanol–water partition coefficient (Wildman–Crippen LogP) is 2.77. The Kier molecular flexibility index (Phi) is 5.94. The van der Waals surface area contributed by atoms with E-state index in [-0.39, 0.29) is 17.2 Å². The third kappa shape index (κ3) is 4.36. The normalized spacial score (nSPS) is 11.4. The molecule has 2 aromatic carbocycles. The Hall–Kier alpha value is -2.51. The number of amides is 1. The van der Waals surface area contributed by atoms with Crippen LogP contribution in [-0.4, -0.2) is 38.0 Å².